The highest BCUT2D eigenvalue weighted by molar-refractivity contribution is 5.79. The third-order valence-electron chi connectivity index (χ3n) is 2.86. The minimum Gasteiger partial charge on any atom is -0.496 e. The number of amides is 1. The Morgan fingerprint density at radius 2 is 2.11 bits per heavy atom. The summed E-state index contributed by atoms with van der Waals surface area (Å²) in [7, 11) is 1.59. The van der Waals surface area contributed by atoms with Gasteiger partial charge in [-0.15, -0.1) is 0 Å². The van der Waals surface area contributed by atoms with Crippen LogP contribution in [-0.4, -0.2) is 19.6 Å². The molecule has 19 heavy (non-hydrogen) atoms. The van der Waals surface area contributed by atoms with Crippen LogP contribution in [0.1, 0.15) is 31.9 Å². The molecule has 1 amide bonds. The highest BCUT2D eigenvalue weighted by atomic mass is 16.5. The summed E-state index contributed by atoms with van der Waals surface area (Å²) in [6, 6.07) is 7.77. The van der Waals surface area contributed by atoms with Crippen LogP contribution in [0.5, 0.6) is 5.75 Å². The van der Waals surface area contributed by atoms with Gasteiger partial charge in [0, 0.05) is 5.56 Å². The van der Waals surface area contributed by atoms with E-state index in [-0.39, 0.29) is 24.3 Å². The number of hydrogen-bond donors (Lipinski definition) is 1. The lowest BCUT2D eigenvalue weighted by molar-refractivity contribution is -0.120. The summed E-state index contributed by atoms with van der Waals surface area (Å²) < 4.78 is 5.27. The van der Waals surface area contributed by atoms with E-state index in [4.69, 9.17) is 10.00 Å². The van der Waals surface area contributed by atoms with Crippen LogP contribution >= 0.6 is 0 Å². The molecule has 0 saturated carbocycles. The zero-order valence-corrected chi connectivity index (χ0v) is 11.9. The van der Waals surface area contributed by atoms with Crippen LogP contribution in [0.15, 0.2) is 18.2 Å². The molecule has 4 heteroatoms. The molecule has 0 spiro atoms. The van der Waals surface area contributed by atoms with Crippen molar-refractivity contribution in [3.05, 3.63) is 29.3 Å². The van der Waals surface area contributed by atoms with Gasteiger partial charge in [-0.25, -0.2) is 0 Å². The number of carbonyl (C=O) groups is 1. The predicted octanol–water partition coefficient (Wildman–Crippen LogP) is 2.17. The van der Waals surface area contributed by atoms with Crippen LogP contribution < -0.4 is 10.1 Å². The topological polar surface area (TPSA) is 62.1 Å². The zero-order chi connectivity index (χ0) is 14.5. The quantitative estimate of drug-likeness (QED) is 0.844. The molecule has 1 aromatic carbocycles. The molecule has 0 aliphatic carbocycles. The Morgan fingerprint density at radius 1 is 1.42 bits per heavy atom. The molecule has 102 valence electrons. The lowest BCUT2D eigenvalue weighted by atomic mass is 9.85. The molecule has 0 fully saturated rings. The first kappa shape index (κ1) is 15.0. The van der Waals surface area contributed by atoms with Gasteiger partial charge in [-0.1, -0.05) is 32.9 Å². The minimum absolute atomic E-state index is 0.0180. The Kier molecular flexibility index (Phi) is 4.94. The van der Waals surface area contributed by atoms with E-state index in [1.165, 1.54) is 0 Å². The first-order valence-corrected chi connectivity index (χ1v) is 6.19. The lowest BCUT2D eigenvalue weighted by Crippen LogP contribution is -2.25. The molecule has 1 rings (SSSR count). The van der Waals surface area contributed by atoms with Crippen LogP contribution in [0, 0.1) is 11.3 Å². The maximum atomic E-state index is 11.7. The summed E-state index contributed by atoms with van der Waals surface area (Å²) in [6.45, 7) is 6.39. The van der Waals surface area contributed by atoms with Crippen LogP contribution in [-0.2, 0) is 16.6 Å². The first-order valence-electron chi connectivity index (χ1n) is 6.19. The van der Waals surface area contributed by atoms with Crippen molar-refractivity contribution < 1.29 is 9.53 Å². The van der Waals surface area contributed by atoms with Gasteiger partial charge in [0.05, 0.1) is 19.6 Å². The number of methoxy groups -OCH3 is 1. The van der Waals surface area contributed by atoms with Crippen molar-refractivity contribution >= 4 is 5.91 Å². The molecule has 0 aromatic heterocycles. The molecular weight excluding hydrogens is 240 g/mol. The van der Waals surface area contributed by atoms with Crippen LogP contribution in [0.2, 0.25) is 0 Å². The van der Waals surface area contributed by atoms with E-state index >= 15 is 0 Å². The smallest absolute Gasteiger partial charge is 0.225 e. The van der Waals surface area contributed by atoms with Crippen molar-refractivity contribution in [2.75, 3.05) is 13.7 Å². The van der Waals surface area contributed by atoms with E-state index in [0.29, 0.717) is 5.75 Å². The Bertz CT molecular complexity index is 496. The van der Waals surface area contributed by atoms with E-state index in [0.717, 1.165) is 11.1 Å². The maximum Gasteiger partial charge on any atom is 0.225 e. The van der Waals surface area contributed by atoms with Crippen LogP contribution in [0.25, 0.3) is 0 Å². The summed E-state index contributed by atoms with van der Waals surface area (Å²) in [5, 5.41) is 11.0. The van der Waals surface area contributed by atoms with E-state index in [9.17, 15) is 4.79 Å². The molecule has 0 heterocycles. The minimum atomic E-state index is -0.175. The van der Waals surface area contributed by atoms with Crippen molar-refractivity contribution in [3.8, 4) is 11.8 Å². The van der Waals surface area contributed by atoms with Gasteiger partial charge in [-0.3, -0.25) is 4.79 Å². The predicted molar refractivity (Wildman–Crippen MR) is 74.0 cm³/mol. The summed E-state index contributed by atoms with van der Waals surface area (Å²) in [5.74, 6) is 0.519. The van der Waals surface area contributed by atoms with Crippen LogP contribution in [0.3, 0.4) is 0 Å². The number of nitrogens with one attached hydrogen (secondary N) is 1. The van der Waals surface area contributed by atoms with Crippen molar-refractivity contribution in [1.29, 1.82) is 5.26 Å². The van der Waals surface area contributed by atoms with E-state index in [2.05, 4.69) is 26.1 Å². The molecule has 4 nitrogen and oxygen atoms in total. The summed E-state index contributed by atoms with van der Waals surface area (Å²) in [6.07, 6.45) is 0.217. The van der Waals surface area contributed by atoms with Gasteiger partial charge in [0.1, 0.15) is 12.3 Å². The molecule has 0 atom stereocenters. The number of hydrogen-bond acceptors (Lipinski definition) is 3. The Hall–Kier alpha value is -2.02. The number of rotatable bonds is 4. The second kappa shape index (κ2) is 6.24. The van der Waals surface area contributed by atoms with Gasteiger partial charge in [0.15, 0.2) is 0 Å². The number of ether oxygens (including phenoxy) is 1. The van der Waals surface area contributed by atoms with Gasteiger partial charge in [-0.05, 0) is 17.0 Å². The van der Waals surface area contributed by atoms with Gasteiger partial charge in [-0.2, -0.15) is 5.26 Å². The normalized spacial score (nSPS) is 10.7. The number of nitriles is 1. The molecule has 1 N–H and O–H groups in total. The van der Waals surface area contributed by atoms with Crippen molar-refractivity contribution in [3.63, 3.8) is 0 Å². The van der Waals surface area contributed by atoms with E-state index in [1.807, 2.05) is 24.3 Å². The lowest BCUT2D eigenvalue weighted by Gasteiger charge is -2.21. The van der Waals surface area contributed by atoms with Crippen molar-refractivity contribution in [2.45, 2.75) is 32.6 Å². The highest BCUT2D eigenvalue weighted by Crippen LogP contribution is 2.28. The van der Waals surface area contributed by atoms with Gasteiger partial charge in [0.2, 0.25) is 5.91 Å². The number of benzene rings is 1. The summed E-state index contributed by atoms with van der Waals surface area (Å²) in [5.41, 5.74) is 2.01. The fourth-order valence-corrected chi connectivity index (χ4v) is 1.76. The van der Waals surface area contributed by atoms with Crippen LogP contribution in [0.4, 0.5) is 0 Å². The molecule has 0 aliphatic rings. The Morgan fingerprint density at radius 3 is 2.63 bits per heavy atom. The fraction of sp³-hybridized carbons (Fsp3) is 0.467. The fourth-order valence-electron chi connectivity index (χ4n) is 1.76. The molecule has 0 aliphatic heterocycles. The number of carbonyl (C=O) groups excluding carboxylic acids is 1. The second-order valence-electron chi connectivity index (χ2n) is 5.39. The zero-order valence-electron chi connectivity index (χ0n) is 11.9. The standard InChI is InChI=1S/C15H20N2O2/c1-15(2,3)12-5-6-13(19-4)11(9-12)10-14(18)17-8-7-16/h5-6,9H,8,10H2,1-4H3,(H,17,18). The van der Waals surface area contributed by atoms with Crippen molar-refractivity contribution in [1.82, 2.24) is 5.32 Å². The van der Waals surface area contributed by atoms with Crippen molar-refractivity contribution in [2.24, 2.45) is 0 Å². The Labute approximate surface area is 114 Å². The van der Waals surface area contributed by atoms with E-state index < -0.39 is 0 Å². The molecule has 0 saturated heterocycles. The molecule has 0 unspecified atom stereocenters. The van der Waals surface area contributed by atoms with Gasteiger partial charge >= 0.3 is 0 Å². The number of nitrogens with zero attached hydrogens (tertiary/aromatic N) is 1. The second-order valence-corrected chi connectivity index (χ2v) is 5.39. The maximum absolute atomic E-state index is 11.7. The molecule has 0 bridgehead atoms. The monoisotopic (exact) mass is 260 g/mol. The largest absolute Gasteiger partial charge is 0.496 e. The summed E-state index contributed by atoms with van der Waals surface area (Å²) in [4.78, 5) is 11.7. The average Bonchev–Trinajstić information content (AvgIpc) is 2.35. The van der Waals surface area contributed by atoms with E-state index in [1.54, 1.807) is 7.11 Å². The highest BCUT2D eigenvalue weighted by Gasteiger charge is 2.17. The average molecular weight is 260 g/mol. The SMILES string of the molecule is COc1ccc(C(C)(C)C)cc1CC(=O)NCC#N. The third-order valence-corrected chi connectivity index (χ3v) is 2.86. The third kappa shape index (κ3) is 4.29. The first-order chi connectivity index (χ1) is 8.88. The molecule has 0 radical (unpaired) electrons. The molecular formula is C15H20N2O2. The molecule has 1 aromatic rings. The van der Waals surface area contributed by atoms with Gasteiger partial charge < -0.3 is 10.1 Å². The summed E-state index contributed by atoms with van der Waals surface area (Å²) >= 11 is 0. The van der Waals surface area contributed by atoms with Gasteiger partial charge in [0.25, 0.3) is 0 Å². The Balaban J connectivity index is 2.97.